The smallest absolute Gasteiger partial charge is 0.123 e. The molecule has 2 aromatic rings. The first-order valence-corrected chi connectivity index (χ1v) is 7.89. The number of aryl methyl sites for hydroxylation is 2. The zero-order chi connectivity index (χ0) is 15.6. The Kier molecular flexibility index (Phi) is 6.65. The Bertz CT molecular complexity index is 571. The Morgan fingerprint density at radius 3 is 2.73 bits per heavy atom. The summed E-state index contributed by atoms with van der Waals surface area (Å²) in [7, 11) is 0. The minimum atomic E-state index is 0.624. The van der Waals surface area contributed by atoms with Crippen LogP contribution >= 0.6 is 0 Å². The van der Waals surface area contributed by atoms with Gasteiger partial charge in [0.1, 0.15) is 5.82 Å². The van der Waals surface area contributed by atoms with Crippen LogP contribution in [-0.4, -0.2) is 18.1 Å². The molecule has 0 aliphatic rings. The fraction of sp³-hybridized carbons (Fsp3) is 0.316. The van der Waals surface area contributed by atoms with Gasteiger partial charge in [-0.25, -0.2) is 4.98 Å². The molecule has 2 rings (SSSR count). The number of nitrogens with two attached hydrogens (primary N) is 1. The quantitative estimate of drug-likeness (QED) is 0.732. The SMILES string of the molecule is Cc1cc(N)nc(CCCCNCC=Cc2ccccc2)c1. The molecule has 3 N–H and O–H groups in total. The topological polar surface area (TPSA) is 50.9 Å². The lowest BCUT2D eigenvalue weighted by Gasteiger charge is -2.04. The number of anilines is 1. The molecule has 0 amide bonds. The number of aromatic nitrogens is 1. The van der Waals surface area contributed by atoms with Crippen LogP contribution in [0.4, 0.5) is 5.82 Å². The fourth-order valence-corrected chi connectivity index (χ4v) is 2.40. The van der Waals surface area contributed by atoms with E-state index < -0.39 is 0 Å². The third-order valence-electron chi connectivity index (χ3n) is 3.45. The van der Waals surface area contributed by atoms with Crippen LogP contribution in [0.3, 0.4) is 0 Å². The molecule has 0 atom stereocenters. The highest BCUT2D eigenvalue weighted by Crippen LogP contribution is 2.09. The van der Waals surface area contributed by atoms with E-state index in [1.807, 2.05) is 12.1 Å². The predicted octanol–water partition coefficient (Wildman–Crippen LogP) is 3.60. The number of benzene rings is 1. The Labute approximate surface area is 133 Å². The van der Waals surface area contributed by atoms with E-state index in [2.05, 4.69) is 59.7 Å². The van der Waals surface area contributed by atoms with Crippen LogP contribution in [0.15, 0.2) is 48.5 Å². The highest BCUT2D eigenvalue weighted by molar-refractivity contribution is 5.48. The molecule has 22 heavy (non-hydrogen) atoms. The van der Waals surface area contributed by atoms with Gasteiger partial charge in [-0.2, -0.15) is 0 Å². The molecule has 0 saturated heterocycles. The van der Waals surface area contributed by atoms with E-state index in [9.17, 15) is 0 Å². The number of hydrogen-bond acceptors (Lipinski definition) is 3. The van der Waals surface area contributed by atoms with Crippen molar-refractivity contribution in [2.24, 2.45) is 0 Å². The van der Waals surface area contributed by atoms with Crippen LogP contribution in [0.25, 0.3) is 6.08 Å². The molecule has 0 bridgehead atoms. The van der Waals surface area contributed by atoms with Crippen molar-refractivity contribution < 1.29 is 0 Å². The Balaban J connectivity index is 1.57. The van der Waals surface area contributed by atoms with Crippen molar-refractivity contribution in [1.82, 2.24) is 10.3 Å². The van der Waals surface area contributed by atoms with Gasteiger partial charge in [0.2, 0.25) is 0 Å². The summed E-state index contributed by atoms with van der Waals surface area (Å²) in [4.78, 5) is 4.36. The van der Waals surface area contributed by atoms with Gasteiger partial charge in [-0.3, -0.25) is 0 Å². The zero-order valence-corrected chi connectivity index (χ0v) is 13.3. The van der Waals surface area contributed by atoms with Crippen molar-refractivity contribution in [1.29, 1.82) is 0 Å². The van der Waals surface area contributed by atoms with E-state index in [4.69, 9.17) is 5.73 Å². The van der Waals surface area contributed by atoms with Crippen molar-refractivity contribution in [3.05, 3.63) is 65.4 Å². The number of nitrogen functional groups attached to an aromatic ring is 1. The summed E-state index contributed by atoms with van der Waals surface area (Å²) in [6, 6.07) is 14.4. The van der Waals surface area contributed by atoms with Gasteiger partial charge in [0.25, 0.3) is 0 Å². The van der Waals surface area contributed by atoms with Gasteiger partial charge in [0.05, 0.1) is 0 Å². The van der Waals surface area contributed by atoms with Gasteiger partial charge in [-0.1, -0.05) is 42.5 Å². The number of pyridine rings is 1. The van der Waals surface area contributed by atoms with Gasteiger partial charge in [-0.15, -0.1) is 0 Å². The summed E-state index contributed by atoms with van der Waals surface area (Å²) < 4.78 is 0. The lowest BCUT2D eigenvalue weighted by Crippen LogP contribution is -2.15. The Morgan fingerprint density at radius 1 is 1.14 bits per heavy atom. The minimum Gasteiger partial charge on any atom is -0.384 e. The normalized spacial score (nSPS) is 11.1. The lowest BCUT2D eigenvalue weighted by atomic mass is 10.1. The number of unbranched alkanes of at least 4 members (excludes halogenated alkanes) is 1. The third-order valence-corrected chi connectivity index (χ3v) is 3.45. The number of hydrogen-bond donors (Lipinski definition) is 2. The molecule has 1 aromatic carbocycles. The lowest BCUT2D eigenvalue weighted by molar-refractivity contribution is 0.651. The van der Waals surface area contributed by atoms with Crippen LogP contribution in [-0.2, 0) is 6.42 Å². The molecule has 0 fully saturated rings. The second-order valence-corrected chi connectivity index (χ2v) is 5.53. The van der Waals surface area contributed by atoms with E-state index >= 15 is 0 Å². The maximum absolute atomic E-state index is 5.76. The van der Waals surface area contributed by atoms with Gasteiger partial charge < -0.3 is 11.1 Å². The number of nitrogens with one attached hydrogen (secondary N) is 1. The van der Waals surface area contributed by atoms with E-state index in [1.54, 1.807) is 0 Å². The van der Waals surface area contributed by atoms with E-state index in [-0.39, 0.29) is 0 Å². The largest absolute Gasteiger partial charge is 0.384 e. The number of rotatable bonds is 8. The van der Waals surface area contributed by atoms with Gasteiger partial charge in [0, 0.05) is 12.2 Å². The van der Waals surface area contributed by atoms with Crippen LogP contribution < -0.4 is 11.1 Å². The molecule has 0 saturated carbocycles. The van der Waals surface area contributed by atoms with Crippen molar-refractivity contribution in [3.8, 4) is 0 Å². The molecule has 116 valence electrons. The molecule has 1 aromatic heterocycles. The molecular formula is C19H25N3. The summed E-state index contributed by atoms with van der Waals surface area (Å²) in [6.07, 6.45) is 7.58. The van der Waals surface area contributed by atoms with Crippen molar-refractivity contribution in [2.45, 2.75) is 26.2 Å². The van der Waals surface area contributed by atoms with E-state index in [1.165, 1.54) is 11.1 Å². The molecule has 3 nitrogen and oxygen atoms in total. The van der Waals surface area contributed by atoms with E-state index in [0.717, 1.165) is 38.0 Å². The molecule has 0 unspecified atom stereocenters. The van der Waals surface area contributed by atoms with E-state index in [0.29, 0.717) is 5.82 Å². The summed E-state index contributed by atoms with van der Waals surface area (Å²) >= 11 is 0. The Morgan fingerprint density at radius 2 is 1.95 bits per heavy atom. The molecule has 0 aliphatic heterocycles. The maximum atomic E-state index is 5.76. The zero-order valence-electron chi connectivity index (χ0n) is 13.3. The highest BCUT2D eigenvalue weighted by atomic mass is 14.8. The van der Waals surface area contributed by atoms with Crippen LogP contribution in [0.2, 0.25) is 0 Å². The molecule has 3 heteroatoms. The van der Waals surface area contributed by atoms with Gasteiger partial charge >= 0.3 is 0 Å². The summed E-state index contributed by atoms with van der Waals surface area (Å²) in [5, 5.41) is 3.43. The van der Waals surface area contributed by atoms with Crippen LogP contribution in [0, 0.1) is 6.92 Å². The first-order valence-electron chi connectivity index (χ1n) is 7.89. The standard InChI is InChI=1S/C19H25N3/c1-16-14-18(22-19(20)15-16)11-5-6-12-21-13-7-10-17-8-3-2-4-9-17/h2-4,7-10,14-15,21H,5-6,11-13H2,1H3,(H2,20,22). The Hall–Kier alpha value is -2.13. The minimum absolute atomic E-state index is 0.624. The summed E-state index contributed by atoms with van der Waals surface area (Å²) in [5.41, 5.74) is 9.29. The molecular weight excluding hydrogens is 270 g/mol. The first-order chi connectivity index (χ1) is 10.7. The molecule has 0 aliphatic carbocycles. The number of nitrogens with zero attached hydrogens (tertiary/aromatic N) is 1. The van der Waals surface area contributed by atoms with Gasteiger partial charge in [-0.05, 0) is 56.0 Å². The fourth-order valence-electron chi connectivity index (χ4n) is 2.40. The average Bonchev–Trinajstić information content (AvgIpc) is 2.50. The first kappa shape index (κ1) is 16.2. The second kappa shape index (κ2) is 9.00. The molecule has 0 radical (unpaired) electrons. The van der Waals surface area contributed by atoms with Crippen LogP contribution in [0.1, 0.15) is 29.7 Å². The highest BCUT2D eigenvalue weighted by Gasteiger charge is 1.98. The van der Waals surface area contributed by atoms with Crippen molar-refractivity contribution in [3.63, 3.8) is 0 Å². The van der Waals surface area contributed by atoms with Crippen molar-refractivity contribution in [2.75, 3.05) is 18.8 Å². The van der Waals surface area contributed by atoms with Crippen molar-refractivity contribution >= 4 is 11.9 Å². The summed E-state index contributed by atoms with van der Waals surface area (Å²) in [5.74, 6) is 0.624. The monoisotopic (exact) mass is 295 g/mol. The van der Waals surface area contributed by atoms with Gasteiger partial charge in [0.15, 0.2) is 0 Å². The molecule has 0 spiro atoms. The predicted molar refractivity (Wildman–Crippen MR) is 94.7 cm³/mol. The second-order valence-electron chi connectivity index (χ2n) is 5.53. The van der Waals surface area contributed by atoms with Crippen LogP contribution in [0.5, 0.6) is 0 Å². The third kappa shape index (κ3) is 6.10. The average molecular weight is 295 g/mol. The maximum Gasteiger partial charge on any atom is 0.123 e. The molecule has 1 heterocycles. The summed E-state index contributed by atoms with van der Waals surface area (Å²) in [6.45, 7) is 3.99.